The molecule has 2 N–H and O–H groups in total. The zero-order chi connectivity index (χ0) is 29.8. The van der Waals surface area contributed by atoms with Crippen molar-refractivity contribution in [2.75, 3.05) is 28.0 Å². The van der Waals surface area contributed by atoms with E-state index in [-0.39, 0.29) is 36.9 Å². The molecular weight excluding hydrogens is 609 g/mol. The van der Waals surface area contributed by atoms with Crippen LogP contribution in [0, 0.1) is 6.92 Å². The van der Waals surface area contributed by atoms with Crippen LogP contribution in [0.15, 0.2) is 101 Å². The molecule has 13 heteroatoms. The average Bonchev–Trinajstić information content (AvgIpc) is 2.94. The topological polar surface area (TPSA) is 122 Å². The summed E-state index contributed by atoms with van der Waals surface area (Å²) in [5.74, 6) is -0.336. The van der Waals surface area contributed by atoms with Gasteiger partial charge in [0, 0.05) is 10.7 Å². The maximum absolute atomic E-state index is 13.5. The van der Waals surface area contributed by atoms with Crippen molar-refractivity contribution in [3.63, 3.8) is 0 Å². The number of rotatable bonds is 10. The van der Waals surface area contributed by atoms with E-state index in [2.05, 4.69) is 10.0 Å². The van der Waals surface area contributed by atoms with Gasteiger partial charge in [0.05, 0.1) is 33.3 Å². The van der Waals surface area contributed by atoms with Crippen molar-refractivity contribution in [3.05, 3.63) is 107 Å². The number of benzene rings is 4. The molecule has 0 saturated heterocycles. The Hall–Kier alpha value is -3.77. The molecule has 0 aromatic heterocycles. The number of aryl methyl sites for hydroxylation is 1. The molecule has 0 unspecified atom stereocenters. The summed E-state index contributed by atoms with van der Waals surface area (Å²) in [6, 6.07) is 22.4. The fourth-order valence-corrected chi connectivity index (χ4v) is 6.80. The van der Waals surface area contributed by atoms with Crippen LogP contribution >= 0.6 is 23.2 Å². The van der Waals surface area contributed by atoms with E-state index in [9.17, 15) is 21.6 Å². The number of amides is 1. The molecule has 0 aliphatic carbocycles. The van der Waals surface area contributed by atoms with Gasteiger partial charge in [0.2, 0.25) is 5.91 Å². The number of anilines is 3. The lowest BCUT2D eigenvalue weighted by atomic mass is 10.2. The number of nitrogens with zero attached hydrogens (tertiary/aromatic N) is 1. The number of hydrogen-bond acceptors (Lipinski definition) is 6. The van der Waals surface area contributed by atoms with Crippen molar-refractivity contribution in [1.29, 1.82) is 0 Å². The maximum atomic E-state index is 13.5. The Bertz CT molecular complexity index is 1780. The van der Waals surface area contributed by atoms with E-state index in [1.165, 1.54) is 61.7 Å². The minimum atomic E-state index is -4.21. The minimum absolute atomic E-state index is 0.0252. The Morgan fingerprint density at radius 3 is 2.20 bits per heavy atom. The summed E-state index contributed by atoms with van der Waals surface area (Å²) in [5.41, 5.74) is 1.39. The third kappa shape index (κ3) is 7.12. The molecule has 1 amide bonds. The summed E-state index contributed by atoms with van der Waals surface area (Å²) < 4.78 is 61.6. The van der Waals surface area contributed by atoms with Crippen molar-refractivity contribution in [1.82, 2.24) is 0 Å². The van der Waals surface area contributed by atoms with E-state index in [4.69, 9.17) is 27.9 Å². The van der Waals surface area contributed by atoms with Crippen LogP contribution in [-0.4, -0.2) is 36.4 Å². The number of nitrogens with one attached hydrogen (secondary N) is 2. The Morgan fingerprint density at radius 1 is 0.854 bits per heavy atom. The first-order valence-corrected chi connectivity index (χ1v) is 15.7. The van der Waals surface area contributed by atoms with Crippen molar-refractivity contribution in [2.24, 2.45) is 0 Å². The second kappa shape index (κ2) is 12.4. The molecular formula is C28H25Cl2N3O6S2. The number of ether oxygens (including phenoxy) is 1. The highest BCUT2D eigenvalue weighted by molar-refractivity contribution is 7.93. The number of carbonyl (C=O) groups excluding carboxylic acids is 1. The summed E-state index contributed by atoms with van der Waals surface area (Å²) in [6.07, 6.45) is 0. The first kappa shape index (κ1) is 30.2. The molecule has 41 heavy (non-hydrogen) atoms. The highest BCUT2D eigenvalue weighted by Gasteiger charge is 2.29. The normalized spacial score (nSPS) is 11.5. The van der Waals surface area contributed by atoms with Crippen LogP contribution in [0.25, 0.3) is 0 Å². The summed E-state index contributed by atoms with van der Waals surface area (Å²) in [4.78, 5) is 13.0. The van der Waals surface area contributed by atoms with Crippen LogP contribution < -0.4 is 19.1 Å². The van der Waals surface area contributed by atoms with E-state index >= 15 is 0 Å². The van der Waals surface area contributed by atoms with Gasteiger partial charge < -0.3 is 10.1 Å². The lowest BCUT2D eigenvalue weighted by Crippen LogP contribution is -2.38. The van der Waals surface area contributed by atoms with Gasteiger partial charge in [-0.25, -0.2) is 16.8 Å². The van der Waals surface area contributed by atoms with Gasteiger partial charge in [0.1, 0.15) is 12.3 Å². The number of halogens is 2. The van der Waals surface area contributed by atoms with Gasteiger partial charge in [-0.1, -0.05) is 47.5 Å². The van der Waals surface area contributed by atoms with Crippen LogP contribution in [0.2, 0.25) is 10.0 Å². The molecule has 0 saturated carbocycles. The molecule has 9 nitrogen and oxygen atoms in total. The number of hydrogen-bond donors (Lipinski definition) is 2. The van der Waals surface area contributed by atoms with Crippen LogP contribution in [0.4, 0.5) is 17.1 Å². The van der Waals surface area contributed by atoms with Crippen LogP contribution in [0.5, 0.6) is 5.75 Å². The predicted octanol–water partition coefficient (Wildman–Crippen LogP) is 5.95. The maximum Gasteiger partial charge on any atom is 0.264 e. The van der Waals surface area contributed by atoms with Crippen molar-refractivity contribution in [3.8, 4) is 5.75 Å². The van der Waals surface area contributed by atoms with Gasteiger partial charge in [0.15, 0.2) is 0 Å². The molecule has 4 aromatic carbocycles. The molecule has 0 spiro atoms. The second-order valence-corrected chi connectivity index (χ2v) is 13.2. The van der Waals surface area contributed by atoms with Gasteiger partial charge in [-0.3, -0.25) is 13.8 Å². The standard InChI is InChI=1S/C28H25Cl2N3O6S2/c1-19-8-15-27(39-2)25(16-19)32-40(35,36)22-12-10-21(11-13-22)31-28(34)18-33(26-17-20(29)9-14-24(26)30)41(37,38)23-6-4-3-5-7-23/h3-17,32H,18H2,1-2H3,(H,31,34). The molecule has 0 aliphatic heterocycles. The van der Waals surface area contributed by atoms with Crippen molar-refractivity contribution >= 4 is 66.2 Å². The fraction of sp³-hybridized carbons (Fsp3) is 0.107. The van der Waals surface area contributed by atoms with Gasteiger partial charge in [-0.2, -0.15) is 0 Å². The highest BCUT2D eigenvalue weighted by atomic mass is 35.5. The van der Waals surface area contributed by atoms with E-state index < -0.39 is 32.5 Å². The second-order valence-electron chi connectivity index (χ2n) is 8.80. The quantitative estimate of drug-likeness (QED) is 0.223. The highest BCUT2D eigenvalue weighted by Crippen LogP contribution is 2.33. The molecule has 0 bridgehead atoms. The Labute approximate surface area is 248 Å². The number of methoxy groups -OCH3 is 1. The number of carbonyl (C=O) groups is 1. The smallest absolute Gasteiger partial charge is 0.264 e. The van der Waals surface area contributed by atoms with Crippen molar-refractivity contribution < 1.29 is 26.4 Å². The first-order valence-electron chi connectivity index (χ1n) is 12.0. The molecule has 0 radical (unpaired) electrons. The minimum Gasteiger partial charge on any atom is -0.495 e. The van der Waals surface area contributed by atoms with Crippen molar-refractivity contribution in [2.45, 2.75) is 16.7 Å². The molecule has 0 heterocycles. The van der Waals surface area contributed by atoms with Gasteiger partial charge in [-0.15, -0.1) is 0 Å². The molecule has 0 fully saturated rings. The summed E-state index contributed by atoms with van der Waals surface area (Å²) in [6.45, 7) is 1.19. The fourth-order valence-electron chi connectivity index (χ4n) is 3.85. The predicted molar refractivity (Wildman–Crippen MR) is 161 cm³/mol. The first-order chi connectivity index (χ1) is 19.4. The van der Waals surface area contributed by atoms with E-state index in [1.807, 2.05) is 6.92 Å². The Kier molecular flexibility index (Phi) is 9.13. The zero-order valence-electron chi connectivity index (χ0n) is 21.8. The van der Waals surface area contributed by atoms with Gasteiger partial charge >= 0.3 is 0 Å². The summed E-state index contributed by atoms with van der Waals surface area (Å²) in [5, 5.41) is 2.90. The summed E-state index contributed by atoms with van der Waals surface area (Å²) in [7, 11) is -6.76. The third-order valence-electron chi connectivity index (χ3n) is 5.84. The molecule has 0 aliphatic rings. The zero-order valence-corrected chi connectivity index (χ0v) is 25.0. The van der Waals surface area contributed by atoms with Crippen LogP contribution in [-0.2, 0) is 24.8 Å². The van der Waals surface area contributed by atoms with Gasteiger partial charge in [-0.05, 0) is 79.2 Å². The lowest BCUT2D eigenvalue weighted by Gasteiger charge is -2.25. The molecule has 4 aromatic rings. The summed E-state index contributed by atoms with van der Waals surface area (Å²) >= 11 is 12.4. The molecule has 0 atom stereocenters. The largest absolute Gasteiger partial charge is 0.495 e. The van der Waals surface area contributed by atoms with Crippen LogP contribution in [0.3, 0.4) is 0 Å². The third-order valence-corrected chi connectivity index (χ3v) is 9.55. The van der Waals surface area contributed by atoms with E-state index in [0.717, 1.165) is 9.87 Å². The Morgan fingerprint density at radius 2 is 1.54 bits per heavy atom. The average molecular weight is 635 g/mol. The number of sulfonamides is 2. The van der Waals surface area contributed by atoms with E-state index in [1.54, 1.807) is 36.4 Å². The van der Waals surface area contributed by atoms with Gasteiger partial charge in [0.25, 0.3) is 20.0 Å². The lowest BCUT2D eigenvalue weighted by molar-refractivity contribution is -0.114. The van der Waals surface area contributed by atoms with E-state index in [0.29, 0.717) is 5.75 Å². The molecule has 4 rings (SSSR count). The molecule has 214 valence electrons. The SMILES string of the molecule is COc1ccc(C)cc1NS(=O)(=O)c1ccc(NC(=O)CN(c2cc(Cl)ccc2Cl)S(=O)(=O)c2ccccc2)cc1. The monoisotopic (exact) mass is 633 g/mol. The Balaban J connectivity index is 1.56. The van der Waals surface area contributed by atoms with Crippen LogP contribution in [0.1, 0.15) is 5.56 Å².